The first-order chi connectivity index (χ1) is 19.1. The van der Waals surface area contributed by atoms with Crippen LogP contribution in [0.3, 0.4) is 0 Å². The lowest BCUT2D eigenvalue weighted by Gasteiger charge is -2.17. The van der Waals surface area contributed by atoms with Crippen molar-refractivity contribution in [2.24, 2.45) is 0 Å². The topological polar surface area (TPSA) is 78.8 Å². The third-order valence-corrected chi connectivity index (χ3v) is 7.06. The Kier molecular flexibility index (Phi) is 8.83. The summed E-state index contributed by atoms with van der Waals surface area (Å²) in [7, 11) is 1.35. The van der Waals surface area contributed by atoms with Gasteiger partial charge in [0.2, 0.25) is 0 Å². The predicted octanol–water partition coefficient (Wildman–Crippen LogP) is 6.52. The lowest BCUT2D eigenvalue weighted by Crippen LogP contribution is -2.26. The number of aryl methyl sites for hydroxylation is 1. The summed E-state index contributed by atoms with van der Waals surface area (Å²) < 4.78 is 18.6. The van der Waals surface area contributed by atoms with Crippen molar-refractivity contribution in [3.8, 4) is 11.5 Å². The van der Waals surface area contributed by atoms with E-state index in [0.717, 1.165) is 39.0 Å². The Balaban J connectivity index is 1.53. The van der Waals surface area contributed by atoms with E-state index in [2.05, 4.69) is 23.7 Å². The maximum atomic E-state index is 13.2. The van der Waals surface area contributed by atoms with Gasteiger partial charge in [0, 0.05) is 28.7 Å². The number of hydrogen-bond donors (Lipinski definition) is 1. The number of aromatic nitrogens is 1. The molecule has 0 bridgehead atoms. The van der Waals surface area contributed by atoms with E-state index < -0.39 is 12.1 Å². The molecule has 7 heteroatoms. The van der Waals surface area contributed by atoms with Crippen LogP contribution in [0.5, 0.6) is 11.5 Å². The minimum absolute atomic E-state index is 0.0819. The first-order valence-corrected chi connectivity index (χ1v) is 13.6. The third-order valence-electron chi connectivity index (χ3n) is 7.06. The molecule has 0 radical (unpaired) electrons. The summed E-state index contributed by atoms with van der Waals surface area (Å²) in [5.74, 6) is 0.850. The molecule has 2 atom stereocenters. The molecule has 1 aromatic heterocycles. The average Bonchev–Trinajstić information content (AvgIpc) is 3.16. The molecule has 4 rings (SSSR count). The molecular weight excluding hydrogens is 504 g/mol. The van der Waals surface area contributed by atoms with Gasteiger partial charge in [-0.3, -0.25) is 4.79 Å². The van der Waals surface area contributed by atoms with Crippen LogP contribution in [-0.4, -0.2) is 35.8 Å². The standard InChI is InChI=1S/C33H38N2O5/c1-20(2)39-29-13-9-11-26(17-29)22(4)34-32(36)27-14-15-31-30(18-27)21(3)23(5)35(31)19-25-10-8-12-28(16-25)40-24(6)33(37)38-7/h8-18,20,22,24H,19H2,1-7H3,(H,34,36)/t22-,24?/m0/s1. The molecule has 0 spiro atoms. The predicted molar refractivity (Wildman–Crippen MR) is 157 cm³/mol. The normalized spacial score (nSPS) is 12.7. The lowest BCUT2D eigenvalue weighted by atomic mass is 10.1. The Labute approximate surface area is 236 Å². The highest BCUT2D eigenvalue weighted by Gasteiger charge is 2.18. The van der Waals surface area contributed by atoms with Gasteiger partial charge in [-0.05, 0) is 101 Å². The number of methoxy groups -OCH3 is 1. The maximum Gasteiger partial charge on any atom is 0.346 e. The number of benzene rings is 3. The van der Waals surface area contributed by atoms with Crippen LogP contribution in [0, 0.1) is 13.8 Å². The zero-order valence-corrected chi connectivity index (χ0v) is 24.3. The number of nitrogens with one attached hydrogen (secondary N) is 1. The summed E-state index contributed by atoms with van der Waals surface area (Å²) in [5, 5.41) is 4.16. The second kappa shape index (κ2) is 12.3. The van der Waals surface area contributed by atoms with E-state index in [1.165, 1.54) is 7.11 Å². The number of ether oxygens (including phenoxy) is 3. The molecule has 4 aromatic rings. The van der Waals surface area contributed by atoms with Gasteiger partial charge in [0.1, 0.15) is 11.5 Å². The van der Waals surface area contributed by atoms with Crippen molar-refractivity contribution in [3.05, 3.63) is 94.7 Å². The largest absolute Gasteiger partial charge is 0.491 e. The fourth-order valence-electron chi connectivity index (χ4n) is 4.81. The van der Waals surface area contributed by atoms with Crippen molar-refractivity contribution >= 4 is 22.8 Å². The summed E-state index contributed by atoms with van der Waals surface area (Å²) >= 11 is 0. The van der Waals surface area contributed by atoms with Gasteiger partial charge in [0.25, 0.3) is 5.91 Å². The van der Waals surface area contributed by atoms with E-state index in [9.17, 15) is 9.59 Å². The second-order valence-corrected chi connectivity index (χ2v) is 10.4. The Morgan fingerprint density at radius 3 is 2.27 bits per heavy atom. The number of rotatable bonds is 10. The van der Waals surface area contributed by atoms with Crippen molar-refractivity contribution in [2.75, 3.05) is 7.11 Å². The average molecular weight is 543 g/mol. The van der Waals surface area contributed by atoms with Gasteiger partial charge in [-0.2, -0.15) is 0 Å². The monoisotopic (exact) mass is 542 g/mol. The van der Waals surface area contributed by atoms with E-state index in [0.29, 0.717) is 17.9 Å². The van der Waals surface area contributed by atoms with E-state index in [-0.39, 0.29) is 18.1 Å². The third kappa shape index (κ3) is 6.47. The molecule has 1 unspecified atom stereocenters. The van der Waals surface area contributed by atoms with Crippen LogP contribution >= 0.6 is 0 Å². The Morgan fingerprint density at radius 1 is 0.875 bits per heavy atom. The number of nitrogens with zero attached hydrogens (tertiary/aromatic N) is 1. The van der Waals surface area contributed by atoms with Crippen molar-refractivity contribution in [3.63, 3.8) is 0 Å². The molecule has 0 fully saturated rings. The molecule has 7 nitrogen and oxygen atoms in total. The van der Waals surface area contributed by atoms with Gasteiger partial charge in [-0.25, -0.2) is 4.79 Å². The summed E-state index contributed by atoms with van der Waals surface area (Å²) in [4.78, 5) is 25.0. The minimum Gasteiger partial charge on any atom is -0.491 e. The number of amides is 1. The van der Waals surface area contributed by atoms with Crippen LogP contribution in [0.1, 0.15) is 66.5 Å². The van der Waals surface area contributed by atoms with E-state index in [1.807, 2.05) is 87.5 Å². The van der Waals surface area contributed by atoms with Gasteiger partial charge in [-0.1, -0.05) is 24.3 Å². The summed E-state index contributed by atoms with van der Waals surface area (Å²) in [6.07, 6.45) is -0.611. The molecule has 0 saturated carbocycles. The van der Waals surface area contributed by atoms with E-state index in [4.69, 9.17) is 14.2 Å². The van der Waals surface area contributed by atoms with Gasteiger partial charge in [-0.15, -0.1) is 0 Å². The fraction of sp³-hybridized carbons (Fsp3) is 0.333. The minimum atomic E-state index is -0.693. The van der Waals surface area contributed by atoms with Crippen LogP contribution in [0.25, 0.3) is 10.9 Å². The summed E-state index contributed by atoms with van der Waals surface area (Å²) in [5.41, 5.74) is 5.93. The van der Waals surface area contributed by atoms with Crippen LogP contribution in [-0.2, 0) is 16.1 Å². The van der Waals surface area contributed by atoms with Crippen LogP contribution in [0.2, 0.25) is 0 Å². The molecule has 1 N–H and O–H groups in total. The SMILES string of the molecule is COC(=O)C(C)Oc1cccc(Cn2c(C)c(C)c3cc(C(=O)N[C@@H](C)c4cccc(OC(C)C)c4)ccc32)c1. The van der Waals surface area contributed by atoms with Gasteiger partial charge in [0.05, 0.1) is 19.3 Å². The summed E-state index contributed by atoms with van der Waals surface area (Å²) in [6.45, 7) is 12.4. The van der Waals surface area contributed by atoms with Crippen molar-refractivity contribution in [2.45, 2.75) is 66.3 Å². The Bertz CT molecular complexity index is 1520. The van der Waals surface area contributed by atoms with Crippen molar-refractivity contribution < 1.29 is 23.8 Å². The first-order valence-electron chi connectivity index (χ1n) is 13.6. The number of carbonyl (C=O) groups excluding carboxylic acids is 2. The molecule has 0 aliphatic carbocycles. The number of fused-ring (bicyclic) bond motifs is 1. The number of hydrogen-bond acceptors (Lipinski definition) is 5. The zero-order chi connectivity index (χ0) is 29.0. The van der Waals surface area contributed by atoms with E-state index >= 15 is 0 Å². The first kappa shape index (κ1) is 28.7. The molecule has 210 valence electrons. The van der Waals surface area contributed by atoms with Crippen LogP contribution < -0.4 is 14.8 Å². The fourth-order valence-corrected chi connectivity index (χ4v) is 4.81. The van der Waals surface area contributed by atoms with Gasteiger partial charge >= 0.3 is 5.97 Å². The van der Waals surface area contributed by atoms with Crippen molar-refractivity contribution in [1.82, 2.24) is 9.88 Å². The molecule has 0 aliphatic rings. The van der Waals surface area contributed by atoms with E-state index in [1.54, 1.807) is 6.92 Å². The van der Waals surface area contributed by atoms with Gasteiger partial charge < -0.3 is 24.1 Å². The molecule has 1 heterocycles. The highest BCUT2D eigenvalue weighted by molar-refractivity contribution is 5.99. The maximum absolute atomic E-state index is 13.2. The molecule has 40 heavy (non-hydrogen) atoms. The highest BCUT2D eigenvalue weighted by atomic mass is 16.6. The summed E-state index contributed by atoms with van der Waals surface area (Å²) in [6, 6.07) is 21.2. The van der Waals surface area contributed by atoms with Crippen molar-refractivity contribution in [1.29, 1.82) is 0 Å². The molecule has 1 amide bonds. The second-order valence-electron chi connectivity index (χ2n) is 10.4. The smallest absolute Gasteiger partial charge is 0.346 e. The van der Waals surface area contributed by atoms with Crippen LogP contribution in [0.15, 0.2) is 66.7 Å². The van der Waals surface area contributed by atoms with Gasteiger partial charge in [0.15, 0.2) is 6.10 Å². The number of carbonyl (C=O) groups is 2. The molecule has 3 aromatic carbocycles. The molecular formula is C33H38N2O5. The Hall–Kier alpha value is -4.26. The quantitative estimate of drug-likeness (QED) is 0.231. The van der Waals surface area contributed by atoms with Crippen LogP contribution in [0.4, 0.5) is 0 Å². The molecule has 0 saturated heterocycles. The lowest BCUT2D eigenvalue weighted by molar-refractivity contribution is -0.147. The number of esters is 1. The highest BCUT2D eigenvalue weighted by Crippen LogP contribution is 2.28. The zero-order valence-electron chi connectivity index (χ0n) is 24.3. The molecule has 0 aliphatic heterocycles. The Morgan fingerprint density at radius 2 is 1.57 bits per heavy atom.